The van der Waals surface area contributed by atoms with Gasteiger partial charge in [-0.3, -0.25) is 4.79 Å². The molecule has 7 heteroatoms. The third kappa shape index (κ3) is 3.76. The molecule has 0 saturated carbocycles. The zero-order valence-corrected chi connectivity index (χ0v) is 17.2. The number of nitrogens with zero attached hydrogens (tertiary/aromatic N) is 1. The van der Waals surface area contributed by atoms with E-state index in [4.69, 9.17) is 14.0 Å². The van der Waals surface area contributed by atoms with E-state index in [2.05, 4.69) is 0 Å². The zero-order valence-electron chi connectivity index (χ0n) is 17.2. The van der Waals surface area contributed by atoms with E-state index in [0.29, 0.717) is 12.1 Å². The van der Waals surface area contributed by atoms with Gasteiger partial charge in [-0.05, 0) is 72.0 Å². The number of hydrogen-bond donors (Lipinski definition) is 0. The van der Waals surface area contributed by atoms with Crippen LogP contribution in [-0.2, 0) is 25.3 Å². The second-order valence-electron chi connectivity index (χ2n) is 9.19. The van der Waals surface area contributed by atoms with E-state index in [1.807, 2.05) is 39.8 Å². The number of hydrogen-bond acceptors (Lipinski definition) is 5. The number of ether oxygens (including phenoxy) is 1. The molecule has 0 aliphatic carbocycles. The SMILES string of the molecule is CC(C)(C)OC(=O)N1C(=O)CCc2cc(B3OC(C)(C)C(C)(C)O3)ccc21. The topological polar surface area (TPSA) is 65.1 Å². The van der Waals surface area contributed by atoms with Gasteiger partial charge < -0.3 is 14.0 Å². The molecule has 146 valence electrons. The number of imide groups is 1. The molecule has 0 radical (unpaired) electrons. The van der Waals surface area contributed by atoms with Crippen molar-refractivity contribution in [3.8, 4) is 0 Å². The lowest BCUT2D eigenvalue weighted by Crippen LogP contribution is -2.44. The highest BCUT2D eigenvalue weighted by Gasteiger charge is 2.51. The van der Waals surface area contributed by atoms with Crippen LogP contribution in [0.3, 0.4) is 0 Å². The molecular weight excluding hydrogens is 345 g/mol. The quantitative estimate of drug-likeness (QED) is 0.708. The molecule has 2 heterocycles. The van der Waals surface area contributed by atoms with Crippen LogP contribution in [0.15, 0.2) is 18.2 Å². The van der Waals surface area contributed by atoms with Crippen LogP contribution in [0.1, 0.15) is 60.5 Å². The Morgan fingerprint density at radius 3 is 2.26 bits per heavy atom. The summed E-state index contributed by atoms with van der Waals surface area (Å²) in [5.74, 6) is -0.250. The van der Waals surface area contributed by atoms with Gasteiger partial charge >= 0.3 is 13.2 Å². The van der Waals surface area contributed by atoms with Crippen LogP contribution in [0.4, 0.5) is 10.5 Å². The fourth-order valence-corrected chi connectivity index (χ4v) is 3.15. The van der Waals surface area contributed by atoms with Crippen LogP contribution >= 0.6 is 0 Å². The summed E-state index contributed by atoms with van der Waals surface area (Å²) in [4.78, 5) is 26.0. The average Bonchev–Trinajstić information content (AvgIpc) is 2.73. The van der Waals surface area contributed by atoms with Gasteiger partial charge in [-0.2, -0.15) is 0 Å². The molecule has 2 amide bonds. The Morgan fingerprint density at radius 1 is 1.11 bits per heavy atom. The lowest BCUT2D eigenvalue weighted by atomic mass is 9.77. The lowest BCUT2D eigenvalue weighted by Gasteiger charge is -2.32. The Balaban J connectivity index is 1.90. The predicted molar refractivity (Wildman–Crippen MR) is 104 cm³/mol. The van der Waals surface area contributed by atoms with Crippen LogP contribution in [0.25, 0.3) is 0 Å². The van der Waals surface area contributed by atoms with Gasteiger partial charge in [0, 0.05) is 6.42 Å². The minimum atomic E-state index is -0.669. The van der Waals surface area contributed by atoms with E-state index in [0.717, 1.165) is 15.9 Å². The van der Waals surface area contributed by atoms with Crippen LogP contribution in [0.2, 0.25) is 0 Å². The molecule has 2 aliphatic rings. The summed E-state index contributed by atoms with van der Waals surface area (Å²) in [7, 11) is -0.479. The zero-order chi connectivity index (χ0) is 20.2. The predicted octanol–water partition coefficient (Wildman–Crippen LogP) is 3.20. The molecule has 0 N–H and O–H groups in total. The number of fused-ring (bicyclic) bond motifs is 1. The molecule has 3 rings (SSSR count). The summed E-state index contributed by atoms with van der Waals surface area (Å²) in [5, 5.41) is 0. The second-order valence-corrected chi connectivity index (χ2v) is 9.19. The van der Waals surface area contributed by atoms with E-state index < -0.39 is 30.0 Å². The summed E-state index contributed by atoms with van der Waals surface area (Å²) < 4.78 is 17.6. The molecule has 0 spiro atoms. The first-order valence-corrected chi connectivity index (χ1v) is 9.35. The van der Waals surface area contributed by atoms with Crippen molar-refractivity contribution in [3.05, 3.63) is 23.8 Å². The molecule has 2 aliphatic heterocycles. The first-order valence-electron chi connectivity index (χ1n) is 9.35. The molecule has 6 nitrogen and oxygen atoms in total. The normalized spacial score (nSPS) is 21.2. The number of carbonyl (C=O) groups excluding carboxylic acids is 2. The average molecular weight is 373 g/mol. The van der Waals surface area contributed by atoms with Crippen LogP contribution in [-0.4, -0.2) is 35.9 Å². The molecule has 1 saturated heterocycles. The highest BCUT2D eigenvalue weighted by atomic mass is 16.7. The van der Waals surface area contributed by atoms with Crippen molar-refractivity contribution in [1.82, 2.24) is 0 Å². The fourth-order valence-electron chi connectivity index (χ4n) is 3.15. The number of amides is 2. The van der Waals surface area contributed by atoms with Crippen molar-refractivity contribution >= 4 is 30.3 Å². The smallest absolute Gasteiger partial charge is 0.443 e. The summed E-state index contributed by atoms with van der Waals surface area (Å²) in [6.07, 6.45) is 0.191. The first kappa shape index (κ1) is 19.9. The van der Waals surface area contributed by atoms with Crippen LogP contribution in [0.5, 0.6) is 0 Å². The molecule has 0 atom stereocenters. The first-order chi connectivity index (χ1) is 12.3. The third-order valence-electron chi connectivity index (χ3n) is 5.30. The Bertz CT molecular complexity index is 765. The maximum atomic E-state index is 12.5. The molecule has 27 heavy (non-hydrogen) atoms. The second kappa shape index (κ2) is 6.35. The Hall–Kier alpha value is -1.86. The van der Waals surface area contributed by atoms with Gasteiger partial charge in [0.15, 0.2) is 0 Å². The summed E-state index contributed by atoms with van der Waals surface area (Å²) in [6.45, 7) is 13.4. The third-order valence-corrected chi connectivity index (χ3v) is 5.30. The lowest BCUT2D eigenvalue weighted by molar-refractivity contribution is -0.118. The maximum absolute atomic E-state index is 12.5. The van der Waals surface area contributed by atoms with Crippen molar-refractivity contribution in [2.24, 2.45) is 0 Å². The summed E-state index contributed by atoms with van der Waals surface area (Å²) in [5.41, 5.74) is 0.842. The monoisotopic (exact) mass is 373 g/mol. The highest BCUT2D eigenvalue weighted by molar-refractivity contribution is 6.62. The van der Waals surface area contributed by atoms with Gasteiger partial charge in [-0.1, -0.05) is 12.1 Å². The number of aryl methyl sites for hydroxylation is 1. The Labute approximate surface area is 161 Å². The standard InChI is InChI=1S/C20H28BNO5/c1-18(2,3)25-17(24)22-15-10-9-14(12-13(15)8-11-16(22)23)21-26-19(4,5)20(6,7)27-21/h9-10,12H,8,11H2,1-7H3. The van der Waals surface area contributed by atoms with Crippen molar-refractivity contribution in [2.75, 3.05) is 4.90 Å². The van der Waals surface area contributed by atoms with Gasteiger partial charge in [-0.15, -0.1) is 0 Å². The number of benzene rings is 1. The molecule has 1 fully saturated rings. The van der Waals surface area contributed by atoms with Crippen molar-refractivity contribution in [1.29, 1.82) is 0 Å². The minimum absolute atomic E-state index is 0.250. The Morgan fingerprint density at radius 2 is 1.70 bits per heavy atom. The van der Waals surface area contributed by atoms with Crippen LogP contribution in [0, 0.1) is 0 Å². The minimum Gasteiger partial charge on any atom is -0.443 e. The number of rotatable bonds is 1. The van der Waals surface area contributed by atoms with E-state index in [1.165, 1.54) is 0 Å². The van der Waals surface area contributed by atoms with Gasteiger partial charge in [0.05, 0.1) is 16.9 Å². The van der Waals surface area contributed by atoms with E-state index >= 15 is 0 Å². The number of anilines is 1. The highest BCUT2D eigenvalue weighted by Crippen LogP contribution is 2.37. The van der Waals surface area contributed by atoms with Crippen molar-refractivity contribution < 1.29 is 23.6 Å². The molecule has 0 aromatic heterocycles. The van der Waals surface area contributed by atoms with E-state index in [-0.39, 0.29) is 12.3 Å². The molecule has 0 bridgehead atoms. The summed E-state index contributed by atoms with van der Waals surface area (Å²) in [6, 6.07) is 5.58. The molecule has 1 aromatic rings. The van der Waals surface area contributed by atoms with Gasteiger partial charge in [0.2, 0.25) is 5.91 Å². The number of carbonyl (C=O) groups is 2. The van der Waals surface area contributed by atoms with Gasteiger partial charge in [0.25, 0.3) is 0 Å². The summed E-state index contributed by atoms with van der Waals surface area (Å²) >= 11 is 0. The maximum Gasteiger partial charge on any atom is 0.494 e. The Kier molecular flexibility index (Phi) is 4.68. The van der Waals surface area contributed by atoms with Gasteiger partial charge in [-0.25, -0.2) is 9.69 Å². The molecule has 0 unspecified atom stereocenters. The van der Waals surface area contributed by atoms with E-state index in [1.54, 1.807) is 26.8 Å². The van der Waals surface area contributed by atoms with Crippen molar-refractivity contribution in [3.63, 3.8) is 0 Å². The van der Waals surface area contributed by atoms with Crippen LogP contribution < -0.4 is 10.4 Å². The molecule has 1 aromatic carbocycles. The largest absolute Gasteiger partial charge is 0.494 e. The van der Waals surface area contributed by atoms with E-state index in [9.17, 15) is 9.59 Å². The molecular formula is C20H28BNO5. The van der Waals surface area contributed by atoms with Crippen molar-refractivity contribution in [2.45, 2.75) is 78.1 Å². The fraction of sp³-hybridized carbons (Fsp3) is 0.600. The van der Waals surface area contributed by atoms with Gasteiger partial charge in [0.1, 0.15) is 5.60 Å².